The van der Waals surface area contributed by atoms with Crippen molar-refractivity contribution in [1.29, 1.82) is 0 Å². The Kier molecular flexibility index (Phi) is 6.15. The molecule has 1 amide bonds. The van der Waals surface area contributed by atoms with Gasteiger partial charge in [0.2, 0.25) is 0 Å². The van der Waals surface area contributed by atoms with Gasteiger partial charge >= 0.3 is 12.1 Å². The molecule has 0 rings (SSSR count). The van der Waals surface area contributed by atoms with E-state index in [0.717, 1.165) is 0 Å². The molecule has 0 bridgehead atoms. The number of carbonyl (C=O) groups excluding carboxylic acids is 1. The second kappa shape index (κ2) is 6.61. The van der Waals surface area contributed by atoms with Crippen LogP contribution in [0.4, 0.5) is 4.79 Å². The van der Waals surface area contributed by atoms with Crippen molar-refractivity contribution in [2.75, 3.05) is 6.54 Å². The Morgan fingerprint density at radius 1 is 1.22 bits per heavy atom. The van der Waals surface area contributed by atoms with Gasteiger partial charge in [-0.2, -0.15) is 0 Å². The van der Waals surface area contributed by atoms with Crippen molar-refractivity contribution in [3.8, 4) is 0 Å². The fourth-order valence-corrected chi connectivity index (χ4v) is 1.36. The Labute approximate surface area is 109 Å². The molecule has 0 spiro atoms. The van der Waals surface area contributed by atoms with E-state index in [4.69, 9.17) is 9.84 Å². The number of carbonyl (C=O) groups is 2. The average molecular weight is 259 g/mol. The van der Waals surface area contributed by atoms with Gasteiger partial charge in [-0.15, -0.1) is 0 Å². The molecule has 18 heavy (non-hydrogen) atoms. The predicted octanol–water partition coefficient (Wildman–Crippen LogP) is 2.74. The molecule has 0 fully saturated rings. The number of hydrogen-bond acceptors (Lipinski definition) is 3. The lowest BCUT2D eigenvalue weighted by Crippen LogP contribution is -2.45. The van der Waals surface area contributed by atoms with Gasteiger partial charge in [-0.25, -0.2) is 4.79 Å². The van der Waals surface area contributed by atoms with Crippen molar-refractivity contribution in [2.24, 2.45) is 5.92 Å². The molecule has 0 aliphatic heterocycles. The maximum Gasteiger partial charge on any atom is 0.410 e. The zero-order valence-corrected chi connectivity index (χ0v) is 12.2. The van der Waals surface area contributed by atoms with E-state index in [1.54, 1.807) is 20.8 Å². The third-order valence-electron chi connectivity index (χ3n) is 2.65. The predicted molar refractivity (Wildman–Crippen MR) is 69.5 cm³/mol. The van der Waals surface area contributed by atoms with Gasteiger partial charge in [0, 0.05) is 12.6 Å². The molecular formula is C13H25NO4. The standard InChI is InChI=1S/C13H25NO4/c1-9(2)10(3)14(8-7-11(15)16)12(17)18-13(4,5)6/h9-10H,7-8H2,1-6H3,(H,15,16)/t10-/m0/s1. The zero-order valence-electron chi connectivity index (χ0n) is 12.2. The van der Waals surface area contributed by atoms with Gasteiger partial charge in [-0.05, 0) is 33.6 Å². The van der Waals surface area contributed by atoms with Crippen molar-refractivity contribution >= 4 is 12.1 Å². The highest BCUT2D eigenvalue weighted by Gasteiger charge is 2.27. The molecule has 0 unspecified atom stereocenters. The third-order valence-corrected chi connectivity index (χ3v) is 2.65. The lowest BCUT2D eigenvalue weighted by molar-refractivity contribution is -0.137. The molecule has 5 nitrogen and oxygen atoms in total. The number of carboxylic acid groups (broad SMARTS) is 1. The summed E-state index contributed by atoms with van der Waals surface area (Å²) in [5.41, 5.74) is -0.574. The summed E-state index contributed by atoms with van der Waals surface area (Å²) in [7, 11) is 0. The maximum atomic E-state index is 12.0. The molecule has 0 aliphatic carbocycles. The van der Waals surface area contributed by atoms with Crippen molar-refractivity contribution < 1.29 is 19.4 Å². The molecule has 0 aliphatic rings. The fourth-order valence-electron chi connectivity index (χ4n) is 1.36. The minimum absolute atomic E-state index is 0.0563. The van der Waals surface area contributed by atoms with Crippen molar-refractivity contribution in [3.05, 3.63) is 0 Å². The van der Waals surface area contributed by atoms with Gasteiger partial charge in [0.15, 0.2) is 0 Å². The SMILES string of the molecule is CC(C)[C@H](C)N(CCC(=O)O)C(=O)OC(C)(C)C. The Hall–Kier alpha value is -1.26. The van der Waals surface area contributed by atoms with Gasteiger partial charge in [0.1, 0.15) is 5.60 Å². The van der Waals surface area contributed by atoms with Gasteiger partial charge in [-0.1, -0.05) is 13.8 Å². The van der Waals surface area contributed by atoms with Crippen LogP contribution in [0.5, 0.6) is 0 Å². The summed E-state index contributed by atoms with van der Waals surface area (Å²) >= 11 is 0. The summed E-state index contributed by atoms with van der Waals surface area (Å²) in [4.78, 5) is 24.1. The summed E-state index contributed by atoms with van der Waals surface area (Å²) < 4.78 is 5.30. The smallest absolute Gasteiger partial charge is 0.410 e. The molecule has 1 atom stereocenters. The first kappa shape index (κ1) is 16.7. The van der Waals surface area contributed by atoms with Crippen LogP contribution in [0.2, 0.25) is 0 Å². The Balaban J connectivity index is 4.74. The Morgan fingerprint density at radius 2 is 1.72 bits per heavy atom. The normalized spacial score (nSPS) is 13.3. The van der Waals surface area contributed by atoms with E-state index in [1.165, 1.54) is 4.90 Å². The van der Waals surface area contributed by atoms with Gasteiger partial charge in [0.05, 0.1) is 6.42 Å². The van der Waals surface area contributed by atoms with Crippen LogP contribution in [0, 0.1) is 5.92 Å². The largest absolute Gasteiger partial charge is 0.481 e. The molecule has 0 aromatic rings. The highest BCUT2D eigenvalue weighted by molar-refractivity contribution is 5.71. The summed E-state index contributed by atoms with van der Waals surface area (Å²) in [6.07, 6.45) is -0.527. The quantitative estimate of drug-likeness (QED) is 0.824. The van der Waals surface area contributed by atoms with Crippen LogP contribution in [0.1, 0.15) is 48.0 Å². The van der Waals surface area contributed by atoms with Gasteiger partial charge < -0.3 is 14.7 Å². The van der Waals surface area contributed by atoms with E-state index in [2.05, 4.69) is 0 Å². The van der Waals surface area contributed by atoms with E-state index < -0.39 is 17.7 Å². The van der Waals surface area contributed by atoms with Crippen LogP contribution in [0.15, 0.2) is 0 Å². The van der Waals surface area contributed by atoms with E-state index in [9.17, 15) is 9.59 Å². The monoisotopic (exact) mass is 259 g/mol. The molecule has 106 valence electrons. The number of carboxylic acids is 1. The molecule has 0 radical (unpaired) electrons. The number of rotatable bonds is 5. The third kappa shape index (κ3) is 6.47. The van der Waals surface area contributed by atoms with Crippen molar-refractivity contribution in [3.63, 3.8) is 0 Å². The van der Waals surface area contributed by atoms with Crippen LogP contribution in [0.3, 0.4) is 0 Å². The molecule has 1 N–H and O–H groups in total. The van der Waals surface area contributed by atoms with Gasteiger partial charge in [-0.3, -0.25) is 4.79 Å². The molecule has 0 aromatic carbocycles. The number of hydrogen-bond donors (Lipinski definition) is 1. The maximum absolute atomic E-state index is 12.0. The second-order valence-electron chi connectivity index (χ2n) is 5.80. The minimum atomic E-state index is -0.917. The van der Waals surface area contributed by atoms with E-state index in [-0.39, 0.29) is 24.9 Å². The Bertz CT molecular complexity index is 294. The molecule has 0 saturated carbocycles. The average Bonchev–Trinajstić information content (AvgIpc) is 2.13. The van der Waals surface area contributed by atoms with Crippen LogP contribution in [0.25, 0.3) is 0 Å². The number of aliphatic carboxylic acids is 1. The van der Waals surface area contributed by atoms with Crippen molar-refractivity contribution in [1.82, 2.24) is 4.90 Å². The molecule has 5 heteroatoms. The first-order chi connectivity index (χ1) is 8.04. The highest BCUT2D eigenvalue weighted by atomic mass is 16.6. The number of nitrogens with zero attached hydrogens (tertiary/aromatic N) is 1. The summed E-state index contributed by atoms with van der Waals surface area (Å²) in [5.74, 6) is -0.675. The number of amides is 1. The van der Waals surface area contributed by atoms with E-state index in [1.807, 2.05) is 20.8 Å². The van der Waals surface area contributed by atoms with Crippen LogP contribution < -0.4 is 0 Å². The zero-order chi connectivity index (χ0) is 14.5. The molecule has 0 saturated heterocycles. The molecule has 0 aromatic heterocycles. The topological polar surface area (TPSA) is 66.8 Å². The second-order valence-corrected chi connectivity index (χ2v) is 5.80. The highest BCUT2D eigenvalue weighted by Crippen LogP contribution is 2.16. The minimum Gasteiger partial charge on any atom is -0.481 e. The molecule has 0 heterocycles. The number of ether oxygens (including phenoxy) is 1. The summed E-state index contributed by atoms with van der Waals surface area (Å²) in [6, 6.07) is -0.0563. The summed E-state index contributed by atoms with van der Waals surface area (Å²) in [6.45, 7) is 11.4. The first-order valence-electron chi connectivity index (χ1n) is 6.26. The van der Waals surface area contributed by atoms with Crippen LogP contribution in [-0.4, -0.2) is 40.3 Å². The Morgan fingerprint density at radius 3 is 2.06 bits per heavy atom. The van der Waals surface area contributed by atoms with Gasteiger partial charge in [0.25, 0.3) is 0 Å². The van der Waals surface area contributed by atoms with E-state index >= 15 is 0 Å². The van der Waals surface area contributed by atoms with Crippen LogP contribution in [-0.2, 0) is 9.53 Å². The molecular weight excluding hydrogens is 234 g/mol. The van der Waals surface area contributed by atoms with Crippen molar-refractivity contribution in [2.45, 2.75) is 59.6 Å². The lowest BCUT2D eigenvalue weighted by atomic mass is 10.0. The fraction of sp³-hybridized carbons (Fsp3) is 0.846. The first-order valence-corrected chi connectivity index (χ1v) is 6.26. The van der Waals surface area contributed by atoms with Crippen LogP contribution >= 0.6 is 0 Å². The van der Waals surface area contributed by atoms with E-state index in [0.29, 0.717) is 0 Å². The summed E-state index contributed by atoms with van der Waals surface area (Å²) in [5, 5.41) is 8.72. The lowest BCUT2D eigenvalue weighted by Gasteiger charge is -2.33.